The normalized spacial score (nSPS) is 9.91. The summed E-state index contributed by atoms with van der Waals surface area (Å²) >= 11 is 0. The minimum Gasteiger partial charge on any atom is -0.492 e. The number of hydrogen-bond donors (Lipinski definition) is 1. The van der Waals surface area contributed by atoms with Gasteiger partial charge in [-0.25, -0.2) is 0 Å². The maximum Gasteiger partial charge on any atom is 0.273 e. The van der Waals surface area contributed by atoms with Gasteiger partial charge in [-0.1, -0.05) is 24.3 Å². The van der Waals surface area contributed by atoms with Gasteiger partial charge in [-0.2, -0.15) is 0 Å². The van der Waals surface area contributed by atoms with E-state index >= 15 is 0 Å². The number of nitro groups is 1. The lowest BCUT2D eigenvalue weighted by Gasteiger charge is -2.08. The van der Waals surface area contributed by atoms with Crippen LogP contribution in [0.4, 0.5) is 5.69 Å². The molecule has 7 heteroatoms. The lowest BCUT2D eigenvalue weighted by molar-refractivity contribution is -0.384. The molecule has 1 N–H and O–H groups in total. The van der Waals surface area contributed by atoms with Gasteiger partial charge in [0.25, 0.3) is 11.6 Å². The van der Waals surface area contributed by atoms with Gasteiger partial charge in [0.2, 0.25) is 0 Å². The van der Waals surface area contributed by atoms with Crippen molar-refractivity contribution in [1.82, 2.24) is 5.32 Å². The van der Waals surface area contributed by atoms with E-state index in [0.717, 1.165) is 5.75 Å². The Bertz CT molecular complexity index is 661. The summed E-state index contributed by atoms with van der Waals surface area (Å²) in [5.74, 6) is 0.678. The average molecular weight is 316 g/mol. The Labute approximate surface area is 133 Å². The standard InChI is InChI=1S/C16H16N2O5/c19-16(17-9-10-22-14-6-2-1-3-7-14)12-23-15-8-4-5-13(11-15)18(20)21/h1-8,11H,9-10,12H2,(H,17,19). The van der Waals surface area contributed by atoms with Crippen LogP contribution in [0.25, 0.3) is 0 Å². The largest absolute Gasteiger partial charge is 0.492 e. The molecule has 0 saturated heterocycles. The summed E-state index contributed by atoms with van der Waals surface area (Å²) in [5.41, 5.74) is -0.0841. The first-order valence-corrected chi connectivity index (χ1v) is 6.97. The minimum absolute atomic E-state index is 0.0841. The molecular weight excluding hydrogens is 300 g/mol. The molecule has 0 heterocycles. The predicted molar refractivity (Wildman–Crippen MR) is 83.5 cm³/mol. The number of carbonyl (C=O) groups excluding carboxylic acids is 1. The number of para-hydroxylation sites is 1. The van der Waals surface area contributed by atoms with E-state index in [0.29, 0.717) is 13.2 Å². The Kier molecular flexibility index (Phi) is 5.93. The molecule has 2 aromatic carbocycles. The molecule has 0 aromatic heterocycles. The lowest BCUT2D eigenvalue weighted by atomic mass is 10.3. The van der Waals surface area contributed by atoms with E-state index in [1.807, 2.05) is 30.3 Å². The molecule has 0 aliphatic rings. The third kappa shape index (κ3) is 5.66. The summed E-state index contributed by atoms with van der Waals surface area (Å²) in [6, 6.07) is 14.9. The number of non-ortho nitro benzene ring substituents is 1. The molecule has 120 valence electrons. The fourth-order valence-electron chi connectivity index (χ4n) is 1.76. The van der Waals surface area contributed by atoms with E-state index in [1.165, 1.54) is 18.2 Å². The highest BCUT2D eigenvalue weighted by atomic mass is 16.6. The quantitative estimate of drug-likeness (QED) is 0.458. The van der Waals surface area contributed by atoms with Crippen molar-refractivity contribution in [3.63, 3.8) is 0 Å². The van der Waals surface area contributed by atoms with E-state index in [9.17, 15) is 14.9 Å². The fraction of sp³-hybridized carbons (Fsp3) is 0.188. The van der Waals surface area contributed by atoms with Crippen molar-refractivity contribution >= 4 is 11.6 Å². The molecule has 0 aliphatic carbocycles. The fourth-order valence-corrected chi connectivity index (χ4v) is 1.76. The molecule has 0 unspecified atom stereocenters. The number of ether oxygens (including phenoxy) is 2. The molecule has 2 aromatic rings. The molecule has 23 heavy (non-hydrogen) atoms. The smallest absolute Gasteiger partial charge is 0.273 e. The van der Waals surface area contributed by atoms with Crippen molar-refractivity contribution in [3.05, 3.63) is 64.7 Å². The Morgan fingerprint density at radius 3 is 2.52 bits per heavy atom. The predicted octanol–water partition coefficient (Wildman–Crippen LogP) is 2.17. The second kappa shape index (κ2) is 8.38. The van der Waals surface area contributed by atoms with Crippen LogP contribution in [0.15, 0.2) is 54.6 Å². The SMILES string of the molecule is O=C(COc1cccc([N+](=O)[O-])c1)NCCOc1ccccc1. The van der Waals surface area contributed by atoms with Crippen LogP contribution in [0, 0.1) is 10.1 Å². The Morgan fingerprint density at radius 2 is 1.78 bits per heavy atom. The van der Waals surface area contributed by atoms with Crippen LogP contribution in [-0.4, -0.2) is 30.6 Å². The molecule has 0 bridgehead atoms. The van der Waals surface area contributed by atoms with Crippen LogP contribution in [0.3, 0.4) is 0 Å². The zero-order chi connectivity index (χ0) is 16.5. The molecule has 0 fully saturated rings. The molecule has 0 aliphatic heterocycles. The van der Waals surface area contributed by atoms with Gasteiger partial charge >= 0.3 is 0 Å². The monoisotopic (exact) mass is 316 g/mol. The molecular formula is C16H16N2O5. The number of nitrogens with one attached hydrogen (secondary N) is 1. The third-order valence-electron chi connectivity index (χ3n) is 2.83. The summed E-state index contributed by atoms with van der Waals surface area (Å²) in [7, 11) is 0. The minimum atomic E-state index is -0.520. The van der Waals surface area contributed by atoms with Gasteiger partial charge in [0, 0.05) is 6.07 Å². The van der Waals surface area contributed by atoms with Gasteiger partial charge < -0.3 is 14.8 Å². The first-order valence-electron chi connectivity index (χ1n) is 6.97. The van der Waals surface area contributed by atoms with Crippen molar-refractivity contribution in [2.75, 3.05) is 19.8 Å². The van der Waals surface area contributed by atoms with E-state index in [2.05, 4.69) is 5.32 Å². The number of carbonyl (C=O) groups is 1. The molecule has 0 radical (unpaired) electrons. The molecule has 1 amide bonds. The zero-order valence-corrected chi connectivity index (χ0v) is 12.3. The van der Waals surface area contributed by atoms with E-state index in [-0.39, 0.29) is 24.0 Å². The van der Waals surface area contributed by atoms with Crippen LogP contribution in [-0.2, 0) is 4.79 Å². The summed E-state index contributed by atoms with van der Waals surface area (Å²) in [6.45, 7) is 0.463. The Balaban J connectivity index is 1.67. The van der Waals surface area contributed by atoms with Crippen LogP contribution in [0.1, 0.15) is 0 Å². The van der Waals surface area contributed by atoms with Gasteiger partial charge in [0.15, 0.2) is 6.61 Å². The number of nitro benzene ring substituents is 1. The van der Waals surface area contributed by atoms with Crippen LogP contribution < -0.4 is 14.8 Å². The maximum absolute atomic E-state index is 11.6. The van der Waals surface area contributed by atoms with E-state index in [4.69, 9.17) is 9.47 Å². The van der Waals surface area contributed by atoms with Crippen LogP contribution in [0.2, 0.25) is 0 Å². The first-order chi connectivity index (χ1) is 11.1. The van der Waals surface area contributed by atoms with Gasteiger partial charge in [0.1, 0.15) is 18.1 Å². The van der Waals surface area contributed by atoms with Gasteiger partial charge in [-0.3, -0.25) is 14.9 Å². The number of benzene rings is 2. The highest BCUT2D eigenvalue weighted by Crippen LogP contribution is 2.18. The summed E-state index contributed by atoms with van der Waals surface area (Å²) < 4.78 is 10.6. The number of hydrogen-bond acceptors (Lipinski definition) is 5. The molecule has 0 saturated carbocycles. The zero-order valence-electron chi connectivity index (χ0n) is 12.3. The van der Waals surface area contributed by atoms with Crippen molar-refractivity contribution in [2.45, 2.75) is 0 Å². The van der Waals surface area contributed by atoms with Crippen molar-refractivity contribution in [3.8, 4) is 11.5 Å². The second-order valence-electron chi connectivity index (χ2n) is 4.55. The second-order valence-corrected chi connectivity index (χ2v) is 4.55. The summed E-state index contributed by atoms with van der Waals surface area (Å²) in [5, 5.41) is 13.3. The Hall–Kier alpha value is -3.09. The van der Waals surface area contributed by atoms with E-state index in [1.54, 1.807) is 6.07 Å². The molecule has 0 spiro atoms. The number of nitrogens with zero attached hydrogens (tertiary/aromatic N) is 1. The van der Waals surface area contributed by atoms with Crippen LogP contribution in [0.5, 0.6) is 11.5 Å². The van der Waals surface area contributed by atoms with Crippen molar-refractivity contribution in [1.29, 1.82) is 0 Å². The summed E-state index contributed by atoms with van der Waals surface area (Å²) in [6.07, 6.45) is 0. The van der Waals surface area contributed by atoms with Crippen molar-refractivity contribution in [2.24, 2.45) is 0 Å². The topological polar surface area (TPSA) is 90.7 Å². The molecule has 2 rings (SSSR count). The summed E-state index contributed by atoms with van der Waals surface area (Å²) in [4.78, 5) is 21.7. The third-order valence-corrected chi connectivity index (χ3v) is 2.83. The lowest BCUT2D eigenvalue weighted by Crippen LogP contribution is -2.32. The number of amides is 1. The average Bonchev–Trinajstić information content (AvgIpc) is 2.58. The Morgan fingerprint density at radius 1 is 1.04 bits per heavy atom. The van der Waals surface area contributed by atoms with E-state index < -0.39 is 4.92 Å². The van der Waals surface area contributed by atoms with Gasteiger partial charge in [-0.15, -0.1) is 0 Å². The highest BCUT2D eigenvalue weighted by Gasteiger charge is 2.08. The maximum atomic E-state index is 11.6. The van der Waals surface area contributed by atoms with Crippen LogP contribution >= 0.6 is 0 Å². The first kappa shape index (κ1) is 16.3. The molecule has 0 atom stereocenters. The van der Waals surface area contributed by atoms with Gasteiger partial charge in [0.05, 0.1) is 17.5 Å². The van der Waals surface area contributed by atoms with Gasteiger partial charge in [-0.05, 0) is 18.2 Å². The molecule has 7 nitrogen and oxygen atoms in total. The highest BCUT2D eigenvalue weighted by molar-refractivity contribution is 5.77. The number of rotatable bonds is 8. The van der Waals surface area contributed by atoms with Crippen molar-refractivity contribution < 1.29 is 19.2 Å².